The van der Waals surface area contributed by atoms with Crippen LogP contribution >= 0.6 is 0 Å². The highest BCUT2D eigenvalue weighted by molar-refractivity contribution is 5.85. The predicted octanol–water partition coefficient (Wildman–Crippen LogP) is 1.97. The van der Waals surface area contributed by atoms with Crippen molar-refractivity contribution in [2.75, 3.05) is 28.4 Å². The number of hydrogen-bond donors (Lipinski definition) is 3. The molecular weight excluding hydrogens is 651 g/mol. The van der Waals surface area contributed by atoms with Gasteiger partial charge >= 0.3 is 0 Å². The highest BCUT2D eigenvalue weighted by atomic mass is 127. The summed E-state index contributed by atoms with van der Waals surface area (Å²) in [6, 6.07) is 14.8. The van der Waals surface area contributed by atoms with Crippen LogP contribution in [-0.2, 0) is 0 Å². The SMILES string of the molecule is COc1ccc(O)c(/C=N/C(C)[N+](C)(C(C)/N=C/c2cc(OC)ccc2O)C(C)/N=C/c2cc(OC)ccc2O)c1.[I-]. The van der Waals surface area contributed by atoms with Gasteiger partial charge < -0.3 is 53.5 Å². The van der Waals surface area contributed by atoms with E-state index in [2.05, 4.69) is 0 Å². The molecule has 42 heavy (non-hydrogen) atoms. The van der Waals surface area contributed by atoms with Gasteiger partial charge in [0.25, 0.3) is 0 Å². The number of ether oxygens (including phenoxy) is 3. The Bertz CT molecular complexity index is 1260. The Kier molecular flexibility index (Phi) is 12.6. The van der Waals surface area contributed by atoms with Gasteiger partial charge in [-0.25, -0.2) is 15.0 Å². The number of halogens is 1. The van der Waals surface area contributed by atoms with Gasteiger partial charge in [0.1, 0.15) is 34.5 Å². The van der Waals surface area contributed by atoms with Gasteiger partial charge in [0.2, 0.25) is 0 Å². The molecule has 3 aromatic carbocycles. The maximum Gasteiger partial charge on any atom is 0.182 e. The fourth-order valence-electron chi connectivity index (χ4n) is 4.22. The van der Waals surface area contributed by atoms with Gasteiger partial charge in [-0.3, -0.25) is 4.48 Å². The summed E-state index contributed by atoms with van der Waals surface area (Å²) in [6.07, 6.45) is 3.64. The second-order valence-electron chi connectivity index (χ2n) is 9.73. The van der Waals surface area contributed by atoms with Crippen LogP contribution in [-0.4, -0.2) is 85.3 Å². The Balaban J connectivity index is 0.00000616. The van der Waals surface area contributed by atoms with E-state index in [1.54, 1.807) is 94.6 Å². The molecule has 0 saturated carbocycles. The summed E-state index contributed by atoms with van der Waals surface area (Å²) in [4.78, 5) is 14.4. The summed E-state index contributed by atoms with van der Waals surface area (Å²) in [5, 5.41) is 31.1. The zero-order valence-electron chi connectivity index (χ0n) is 24.9. The smallest absolute Gasteiger partial charge is 0.182 e. The molecule has 11 heteroatoms. The molecule has 0 heterocycles. The Morgan fingerprint density at radius 2 is 0.833 bits per heavy atom. The van der Waals surface area contributed by atoms with Crippen LogP contribution in [0.1, 0.15) is 37.5 Å². The molecule has 0 aliphatic carbocycles. The van der Waals surface area contributed by atoms with Crippen molar-refractivity contribution in [2.24, 2.45) is 15.0 Å². The molecule has 10 nitrogen and oxygen atoms in total. The van der Waals surface area contributed by atoms with E-state index in [1.807, 2.05) is 27.8 Å². The van der Waals surface area contributed by atoms with Crippen LogP contribution in [0.2, 0.25) is 0 Å². The molecule has 0 aliphatic heterocycles. The standard InChI is InChI=1S/C31H38N4O6.HI/c1-20(32-17-23-14-26(39-5)8-11-29(23)36)35(4,21(2)33-18-24-15-27(40-6)9-12-30(24)37)22(3)34-19-25-16-28(41-7)10-13-31(25)38;/h8-22H,1-7H3,(H2-,32,33,34,36,37,38);1H. The number of quaternary nitrogens is 1. The molecule has 226 valence electrons. The molecule has 0 aliphatic rings. The van der Waals surface area contributed by atoms with Gasteiger partial charge in [0.05, 0.1) is 28.4 Å². The van der Waals surface area contributed by atoms with Crippen molar-refractivity contribution < 1.29 is 58.0 Å². The molecule has 0 fully saturated rings. The first-order valence-corrected chi connectivity index (χ1v) is 13.1. The van der Waals surface area contributed by atoms with E-state index < -0.39 is 18.5 Å². The van der Waals surface area contributed by atoms with Crippen LogP contribution in [0.25, 0.3) is 0 Å². The minimum atomic E-state index is -0.391. The number of hydrogen-bond acceptors (Lipinski definition) is 9. The highest BCUT2D eigenvalue weighted by Gasteiger charge is 2.40. The lowest BCUT2D eigenvalue weighted by Crippen LogP contribution is -3.00. The van der Waals surface area contributed by atoms with E-state index in [0.717, 1.165) is 0 Å². The predicted molar refractivity (Wildman–Crippen MR) is 161 cm³/mol. The highest BCUT2D eigenvalue weighted by Crippen LogP contribution is 2.28. The monoisotopic (exact) mass is 690 g/mol. The molecule has 3 N–H and O–H groups in total. The summed E-state index contributed by atoms with van der Waals surface area (Å²) in [5.41, 5.74) is 1.54. The molecule has 0 radical (unpaired) electrons. The third kappa shape index (κ3) is 8.13. The Morgan fingerprint density at radius 1 is 0.571 bits per heavy atom. The number of benzene rings is 3. The lowest BCUT2D eigenvalue weighted by Gasteiger charge is -2.43. The first kappa shape index (κ1) is 34.4. The van der Waals surface area contributed by atoms with E-state index in [1.165, 1.54) is 0 Å². The minimum absolute atomic E-state index is 0. The lowest BCUT2D eigenvalue weighted by atomic mass is 10.2. The number of aromatic hydroxyl groups is 3. The molecule has 3 aromatic rings. The van der Waals surface area contributed by atoms with Crippen LogP contribution in [0.5, 0.6) is 34.5 Å². The number of nitrogens with zero attached hydrogens (tertiary/aromatic N) is 4. The molecule has 0 aromatic heterocycles. The van der Waals surface area contributed by atoms with E-state index in [9.17, 15) is 15.3 Å². The summed E-state index contributed by atoms with van der Waals surface area (Å²) in [5.74, 6) is 2.03. The number of phenolic OH excluding ortho intramolecular Hbond substituents is 3. The third-order valence-electron chi connectivity index (χ3n) is 7.41. The number of rotatable bonds is 12. The Labute approximate surface area is 264 Å². The number of methoxy groups -OCH3 is 3. The molecule has 0 spiro atoms. The zero-order valence-corrected chi connectivity index (χ0v) is 27.1. The average molecular weight is 691 g/mol. The molecular formula is C31H39IN4O6. The normalized spacial score (nSPS) is 15.2. The second kappa shape index (κ2) is 15.4. The van der Waals surface area contributed by atoms with Gasteiger partial charge in [-0.15, -0.1) is 0 Å². The first-order valence-electron chi connectivity index (χ1n) is 13.1. The molecule has 0 bridgehead atoms. The van der Waals surface area contributed by atoms with Gasteiger partial charge in [-0.1, -0.05) is 0 Å². The van der Waals surface area contributed by atoms with Gasteiger partial charge in [-0.05, 0) is 54.6 Å². The van der Waals surface area contributed by atoms with Crippen molar-refractivity contribution in [3.05, 3.63) is 71.3 Å². The topological polar surface area (TPSA) is 125 Å². The third-order valence-corrected chi connectivity index (χ3v) is 7.41. The summed E-state index contributed by atoms with van der Waals surface area (Å²) in [6.45, 7) is 5.83. The summed E-state index contributed by atoms with van der Waals surface area (Å²) >= 11 is 0. The molecule has 0 amide bonds. The van der Waals surface area contributed by atoms with Crippen molar-refractivity contribution in [3.8, 4) is 34.5 Å². The number of aliphatic imine (C=N–C) groups is 3. The molecule has 0 saturated heterocycles. The number of phenols is 3. The fraction of sp³-hybridized carbons (Fsp3) is 0.323. The van der Waals surface area contributed by atoms with Crippen LogP contribution in [0, 0.1) is 0 Å². The van der Waals surface area contributed by atoms with Crippen molar-refractivity contribution in [3.63, 3.8) is 0 Å². The van der Waals surface area contributed by atoms with Gasteiger partial charge in [0, 0.05) is 56.1 Å². The fourth-order valence-corrected chi connectivity index (χ4v) is 4.22. The van der Waals surface area contributed by atoms with Crippen molar-refractivity contribution in [2.45, 2.75) is 39.3 Å². The van der Waals surface area contributed by atoms with Crippen molar-refractivity contribution in [1.29, 1.82) is 0 Å². The van der Waals surface area contributed by atoms with Crippen molar-refractivity contribution >= 4 is 18.6 Å². The zero-order chi connectivity index (χ0) is 30.2. The van der Waals surface area contributed by atoms with Gasteiger partial charge in [0.15, 0.2) is 18.5 Å². The van der Waals surface area contributed by atoms with E-state index >= 15 is 0 Å². The Morgan fingerprint density at radius 3 is 1.07 bits per heavy atom. The van der Waals surface area contributed by atoms with Crippen LogP contribution < -0.4 is 38.2 Å². The maximum absolute atomic E-state index is 10.4. The first-order chi connectivity index (χ1) is 19.5. The van der Waals surface area contributed by atoms with Crippen LogP contribution in [0.4, 0.5) is 0 Å². The maximum atomic E-state index is 10.4. The average Bonchev–Trinajstić information content (AvgIpc) is 2.98. The summed E-state index contributed by atoms with van der Waals surface area (Å²) < 4.78 is 16.1. The molecule has 3 rings (SSSR count). The summed E-state index contributed by atoms with van der Waals surface area (Å²) in [7, 11) is 6.66. The van der Waals surface area contributed by atoms with Crippen LogP contribution in [0.3, 0.4) is 0 Å². The molecule has 3 atom stereocenters. The largest absolute Gasteiger partial charge is 1.00 e. The van der Waals surface area contributed by atoms with Crippen molar-refractivity contribution in [1.82, 2.24) is 0 Å². The minimum Gasteiger partial charge on any atom is -1.00 e. The van der Waals surface area contributed by atoms with E-state index in [0.29, 0.717) is 33.9 Å². The van der Waals surface area contributed by atoms with Crippen LogP contribution in [0.15, 0.2) is 69.6 Å². The quantitative estimate of drug-likeness (QED) is 0.152. The van der Waals surface area contributed by atoms with E-state index in [-0.39, 0.29) is 45.7 Å². The lowest BCUT2D eigenvalue weighted by molar-refractivity contribution is -0.971. The van der Waals surface area contributed by atoms with E-state index in [4.69, 9.17) is 29.2 Å². The van der Waals surface area contributed by atoms with Gasteiger partial charge in [-0.2, -0.15) is 0 Å². The molecule has 3 unspecified atom stereocenters. The second-order valence-corrected chi connectivity index (χ2v) is 9.73. The Hall–Kier alpha value is -3.84.